The van der Waals surface area contributed by atoms with E-state index >= 15 is 0 Å². The van der Waals surface area contributed by atoms with Crippen LogP contribution in [0.25, 0.3) is 0 Å². The van der Waals surface area contributed by atoms with Crippen LogP contribution in [0, 0.1) is 17.8 Å². The summed E-state index contributed by atoms with van der Waals surface area (Å²) in [5, 5.41) is 1.25. The molecule has 140 valence electrons. The Kier molecular flexibility index (Phi) is 3.88. The molecule has 1 heterocycles. The van der Waals surface area contributed by atoms with E-state index in [9.17, 15) is 9.59 Å². The molecule has 0 saturated heterocycles. The maximum absolute atomic E-state index is 13.0. The van der Waals surface area contributed by atoms with Gasteiger partial charge in [0.05, 0.1) is 23.6 Å². The molecule has 0 radical (unpaired) electrons. The summed E-state index contributed by atoms with van der Waals surface area (Å²) in [7, 11) is 1.44. The summed E-state index contributed by atoms with van der Waals surface area (Å²) in [6, 6.07) is 7.24. The normalized spacial score (nSPS) is 25.1. The van der Waals surface area contributed by atoms with Crippen molar-refractivity contribution in [2.75, 3.05) is 12.2 Å². The van der Waals surface area contributed by atoms with Gasteiger partial charge >= 0.3 is 6.01 Å². The van der Waals surface area contributed by atoms with Crippen LogP contribution in [-0.2, 0) is 14.4 Å². The average Bonchev–Trinajstić information content (AvgIpc) is 2.56. The van der Waals surface area contributed by atoms with Gasteiger partial charge in [-0.25, -0.2) is 9.97 Å². The molecule has 3 saturated carbocycles. The Morgan fingerprint density at radius 3 is 2.41 bits per heavy atom. The first kappa shape index (κ1) is 17.4. The molecule has 1 aromatic carbocycles. The van der Waals surface area contributed by atoms with Gasteiger partial charge in [-0.2, -0.15) is 5.06 Å². The first-order chi connectivity index (χ1) is 12.9. The highest BCUT2D eigenvalue weighted by atomic mass is 16.7. The average molecular weight is 368 g/mol. The zero-order chi connectivity index (χ0) is 19.2. The van der Waals surface area contributed by atoms with Gasteiger partial charge in [-0.3, -0.25) is 14.4 Å². The van der Waals surface area contributed by atoms with E-state index in [0.29, 0.717) is 30.7 Å². The fourth-order valence-electron chi connectivity index (χ4n) is 4.06. The Morgan fingerprint density at radius 2 is 1.81 bits per heavy atom. The molecule has 2 N–H and O–H groups in total. The molecule has 2 amide bonds. The zero-order valence-corrected chi connectivity index (χ0v) is 15.1. The minimum Gasteiger partial charge on any atom is -0.424 e. The zero-order valence-electron chi connectivity index (χ0n) is 15.1. The first-order valence-corrected chi connectivity index (χ1v) is 8.63. The van der Waals surface area contributed by atoms with E-state index in [1.165, 1.54) is 12.2 Å². The number of rotatable bonds is 6. The molecule has 1 aromatic heterocycles. The summed E-state index contributed by atoms with van der Waals surface area (Å²) in [5.41, 5.74) is 5.79. The maximum Gasteiger partial charge on any atom is 0.321 e. The second-order valence-electron chi connectivity index (χ2n) is 7.32. The van der Waals surface area contributed by atoms with Crippen molar-refractivity contribution in [3.8, 4) is 11.8 Å². The van der Waals surface area contributed by atoms with Crippen LogP contribution in [0.4, 0.5) is 5.69 Å². The third-order valence-electron chi connectivity index (χ3n) is 5.52. The molecule has 8 nitrogen and oxygen atoms in total. The van der Waals surface area contributed by atoms with E-state index < -0.39 is 10.8 Å². The Labute approximate surface area is 156 Å². The van der Waals surface area contributed by atoms with Crippen LogP contribution < -0.4 is 15.5 Å². The van der Waals surface area contributed by atoms with Crippen LogP contribution in [-0.4, -0.2) is 28.9 Å². The molecule has 5 rings (SSSR count). The molecule has 0 atom stereocenters. The summed E-state index contributed by atoms with van der Waals surface area (Å²) >= 11 is 0. The number of hydroxylamine groups is 1. The van der Waals surface area contributed by atoms with Crippen LogP contribution in [0.1, 0.15) is 24.8 Å². The van der Waals surface area contributed by atoms with Gasteiger partial charge in [0.1, 0.15) is 5.75 Å². The second-order valence-corrected chi connectivity index (χ2v) is 7.32. The van der Waals surface area contributed by atoms with Gasteiger partial charge in [0.2, 0.25) is 5.91 Å². The van der Waals surface area contributed by atoms with Gasteiger partial charge in [-0.15, -0.1) is 0 Å². The first-order valence-electron chi connectivity index (χ1n) is 8.63. The van der Waals surface area contributed by atoms with Gasteiger partial charge in [-0.05, 0) is 43.9 Å². The summed E-state index contributed by atoms with van der Waals surface area (Å²) in [5.74, 6) is 0.0358. The predicted molar refractivity (Wildman–Crippen MR) is 95.7 cm³/mol. The van der Waals surface area contributed by atoms with Crippen molar-refractivity contribution in [1.82, 2.24) is 9.97 Å². The number of hydrogen-bond donors (Lipinski definition) is 1. The molecule has 3 aliphatic rings. The van der Waals surface area contributed by atoms with E-state index in [2.05, 4.69) is 9.97 Å². The Balaban J connectivity index is 1.56. The molecule has 3 aliphatic carbocycles. The molecule has 0 unspecified atom stereocenters. The van der Waals surface area contributed by atoms with E-state index in [4.69, 9.17) is 15.3 Å². The highest BCUT2D eigenvalue weighted by Crippen LogP contribution is 2.73. The standard InChI is InChI=1S/C19H20N4O4/c1-12-4-5-13(8-14(12)27-17-21-6-3-7-22-17)23(26-2)16(25)19-9-18(10-19,11-19)15(20)24/h3-8H,9-11H2,1-2H3,(H2,20,24). The Hall–Kier alpha value is -3.00. The van der Waals surface area contributed by atoms with Gasteiger partial charge in [0.25, 0.3) is 5.91 Å². The van der Waals surface area contributed by atoms with E-state index in [1.807, 2.05) is 13.0 Å². The third kappa shape index (κ3) is 2.64. The van der Waals surface area contributed by atoms with Crippen molar-refractivity contribution in [3.05, 3.63) is 42.2 Å². The van der Waals surface area contributed by atoms with Gasteiger partial charge in [-0.1, -0.05) is 6.07 Å². The number of nitrogens with zero attached hydrogens (tertiary/aromatic N) is 3. The van der Waals surface area contributed by atoms with E-state index in [1.54, 1.807) is 30.6 Å². The topological polar surface area (TPSA) is 108 Å². The number of primary amides is 1. The monoisotopic (exact) mass is 368 g/mol. The minimum atomic E-state index is -0.556. The highest BCUT2D eigenvalue weighted by Gasteiger charge is 2.75. The number of anilines is 1. The summed E-state index contributed by atoms with van der Waals surface area (Å²) in [6.45, 7) is 1.89. The van der Waals surface area contributed by atoms with Crippen LogP contribution in [0.2, 0.25) is 0 Å². The number of benzene rings is 1. The molecule has 2 bridgehead atoms. The SMILES string of the molecule is CON(C(=O)C12CC(C(N)=O)(C1)C2)c1ccc(C)c(Oc2ncccn2)c1. The van der Waals surface area contributed by atoms with Gasteiger partial charge < -0.3 is 10.5 Å². The molecule has 2 aromatic rings. The molecule has 0 aliphatic heterocycles. The lowest BCUT2D eigenvalue weighted by molar-refractivity contribution is -0.208. The summed E-state index contributed by atoms with van der Waals surface area (Å²) in [6.07, 6.45) is 4.64. The summed E-state index contributed by atoms with van der Waals surface area (Å²) < 4.78 is 5.73. The summed E-state index contributed by atoms with van der Waals surface area (Å²) in [4.78, 5) is 38.0. The van der Waals surface area contributed by atoms with Crippen molar-refractivity contribution in [2.45, 2.75) is 26.2 Å². The lowest BCUT2D eigenvalue weighted by atomic mass is 9.34. The quantitative estimate of drug-likeness (QED) is 0.783. The number of amides is 2. The number of aryl methyl sites for hydroxylation is 1. The fourth-order valence-corrected chi connectivity index (χ4v) is 4.06. The Bertz CT molecular complexity index is 895. The molecule has 3 fully saturated rings. The maximum atomic E-state index is 13.0. The van der Waals surface area contributed by atoms with Crippen LogP contribution in [0.15, 0.2) is 36.7 Å². The van der Waals surface area contributed by atoms with Crippen LogP contribution >= 0.6 is 0 Å². The van der Waals surface area contributed by atoms with Crippen molar-refractivity contribution < 1.29 is 19.2 Å². The fraction of sp³-hybridized carbons (Fsp3) is 0.368. The number of nitrogens with two attached hydrogens (primary N) is 1. The van der Waals surface area contributed by atoms with Crippen molar-refractivity contribution in [1.29, 1.82) is 0 Å². The predicted octanol–water partition coefficient (Wildman–Crippen LogP) is 2.13. The largest absolute Gasteiger partial charge is 0.424 e. The molecular formula is C19H20N4O4. The minimum absolute atomic E-state index is 0.168. The lowest BCUT2D eigenvalue weighted by Crippen LogP contribution is -2.72. The second kappa shape index (κ2) is 6.02. The number of carbonyl (C=O) groups is 2. The number of ether oxygens (including phenoxy) is 1. The number of hydrogen-bond acceptors (Lipinski definition) is 6. The number of aromatic nitrogens is 2. The van der Waals surface area contributed by atoms with Crippen LogP contribution in [0.3, 0.4) is 0 Å². The molecule has 27 heavy (non-hydrogen) atoms. The lowest BCUT2D eigenvalue weighted by Gasteiger charge is -2.67. The van der Waals surface area contributed by atoms with Gasteiger partial charge in [0, 0.05) is 18.5 Å². The van der Waals surface area contributed by atoms with Crippen molar-refractivity contribution in [3.63, 3.8) is 0 Å². The molecule has 0 spiro atoms. The highest BCUT2D eigenvalue weighted by molar-refractivity contribution is 6.02. The van der Waals surface area contributed by atoms with Gasteiger partial charge in [0.15, 0.2) is 0 Å². The van der Waals surface area contributed by atoms with Crippen molar-refractivity contribution >= 4 is 17.5 Å². The van der Waals surface area contributed by atoms with E-state index in [0.717, 1.165) is 5.56 Å². The molecular weight excluding hydrogens is 348 g/mol. The third-order valence-corrected chi connectivity index (χ3v) is 5.52. The number of carbonyl (C=O) groups excluding carboxylic acids is 2. The van der Waals surface area contributed by atoms with Crippen LogP contribution in [0.5, 0.6) is 11.8 Å². The van der Waals surface area contributed by atoms with Crippen molar-refractivity contribution in [2.24, 2.45) is 16.6 Å². The smallest absolute Gasteiger partial charge is 0.321 e. The van der Waals surface area contributed by atoms with E-state index in [-0.39, 0.29) is 17.8 Å². The Morgan fingerprint density at radius 1 is 1.15 bits per heavy atom. The molecule has 8 heteroatoms.